The van der Waals surface area contributed by atoms with Crippen LogP contribution in [0.4, 0.5) is 5.69 Å². The molecule has 0 atom stereocenters. The van der Waals surface area contributed by atoms with Gasteiger partial charge in [0, 0.05) is 43.0 Å². The summed E-state index contributed by atoms with van der Waals surface area (Å²) in [6.45, 7) is 2.73. The van der Waals surface area contributed by atoms with Gasteiger partial charge >= 0.3 is 0 Å². The van der Waals surface area contributed by atoms with Gasteiger partial charge in [0.1, 0.15) is 5.75 Å². The van der Waals surface area contributed by atoms with Crippen LogP contribution in [0.2, 0.25) is 5.02 Å². The van der Waals surface area contributed by atoms with Crippen molar-refractivity contribution in [2.75, 3.05) is 44.7 Å². The van der Waals surface area contributed by atoms with Crippen molar-refractivity contribution < 1.29 is 14.3 Å². The fraction of sp³-hybridized carbons (Fsp3) is 0.273. The summed E-state index contributed by atoms with van der Waals surface area (Å²) in [7, 11) is 1.59. The Kier molecular flexibility index (Phi) is 7.14. The minimum Gasteiger partial charge on any atom is -0.497 e. The third-order valence-corrected chi connectivity index (χ3v) is 5.01. The van der Waals surface area contributed by atoms with Crippen molar-refractivity contribution in [3.63, 3.8) is 0 Å². The predicted octanol–water partition coefficient (Wildman–Crippen LogP) is 2.83. The van der Waals surface area contributed by atoms with E-state index in [2.05, 4.69) is 10.2 Å². The van der Waals surface area contributed by atoms with Gasteiger partial charge in [-0.15, -0.1) is 0 Å². The van der Waals surface area contributed by atoms with E-state index in [1.807, 2.05) is 48.5 Å². The summed E-state index contributed by atoms with van der Waals surface area (Å²) in [6.07, 6.45) is 3.10. The Bertz CT molecular complexity index is 875. The minimum atomic E-state index is -0.305. The Labute approximate surface area is 175 Å². The minimum absolute atomic E-state index is 0.0117. The second-order valence-electron chi connectivity index (χ2n) is 6.67. The van der Waals surface area contributed by atoms with Gasteiger partial charge < -0.3 is 19.9 Å². The number of methoxy groups -OCH3 is 1. The van der Waals surface area contributed by atoms with Crippen LogP contribution in [-0.4, -0.2) is 56.5 Å². The Hall–Kier alpha value is -2.99. The van der Waals surface area contributed by atoms with Gasteiger partial charge in [-0.1, -0.05) is 23.7 Å². The van der Waals surface area contributed by atoms with Crippen molar-refractivity contribution in [1.29, 1.82) is 0 Å². The predicted molar refractivity (Wildman–Crippen MR) is 115 cm³/mol. The van der Waals surface area contributed by atoms with Gasteiger partial charge in [0.15, 0.2) is 0 Å². The number of piperazine rings is 1. The van der Waals surface area contributed by atoms with Crippen molar-refractivity contribution in [1.82, 2.24) is 10.2 Å². The Morgan fingerprint density at radius 1 is 1.10 bits per heavy atom. The van der Waals surface area contributed by atoms with Crippen molar-refractivity contribution >= 4 is 35.2 Å². The summed E-state index contributed by atoms with van der Waals surface area (Å²) < 4.78 is 5.15. The van der Waals surface area contributed by atoms with Gasteiger partial charge in [-0.3, -0.25) is 9.59 Å². The number of nitrogens with one attached hydrogen (secondary N) is 1. The lowest BCUT2D eigenvalue weighted by atomic mass is 10.2. The first-order valence-electron chi connectivity index (χ1n) is 9.43. The molecule has 2 amide bonds. The Morgan fingerprint density at radius 3 is 2.52 bits per heavy atom. The maximum atomic E-state index is 12.4. The molecule has 29 heavy (non-hydrogen) atoms. The first kappa shape index (κ1) is 20.7. The highest BCUT2D eigenvalue weighted by atomic mass is 35.5. The van der Waals surface area contributed by atoms with Gasteiger partial charge in [-0.05, 0) is 48.0 Å². The lowest BCUT2D eigenvalue weighted by Crippen LogP contribution is -2.51. The average molecular weight is 414 g/mol. The standard InChI is InChI=1S/C22H24ClN3O3/c1-29-20-4-2-3-17(15-20)5-10-21(27)24-16-22(28)26-13-11-25(12-14-26)19-8-6-18(23)7-9-19/h2-10,15H,11-14,16H2,1H3,(H,24,27)/b10-5+. The van der Waals surface area contributed by atoms with E-state index in [-0.39, 0.29) is 18.4 Å². The average Bonchev–Trinajstić information content (AvgIpc) is 2.77. The number of amides is 2. The van der Waals surface area contributed by atoms with E-state index in [0.29, 0.717) is 18.1 Å². The lowest BCUT2D eigenvalue weighted by Gasteiger charge is -2.36. The molecule has 7 heteroatoms. The first-order valence-corrected chi connectivity index (χ1v) is 9.81. The van der Waals surface area contributed by atoms with Crippen LogP contribution < -0.4 is 15.0 Å². The molecule has 1 N–H and O–H groups in total. The monoisotopic (exact) mass is 413 g/mol. The van der Waals surface area contributed by atoms with Crippen LogP contribution in [0, 0.1) is 0 Å². The molecule has 0 aromatic heterocycles. The third-order valence-electron chi connectivity index (χ3n) is 4.76. The van der Waals surface area contributed by atoms with Crippen LogP contribution in [0.15, 0.2) is 54.6 Å². The zero-order chi connectivity index (χ0) is 20.6. The largest absolute Gasteiger partial charge is 0.497 e. The van der Waals surface area contributed by atoms with Crippen LogP contribution in [0.1, 0.15) is 5.56 Å². The Morgan fingerprint density at radius 2 is 1.83 bits per heavy atom. The normalized spacial score (nSPS) is 14.1. The number of hydrogen-bond acceptors (Lipinski definition) is 4. The number of carbonyl (C=O) groups is 2. The van der Waals surface area contributed by atoms with E-state index in [4.69, 9.17) is 16.3 Å². The molecule has 2 aromatic rings. The molecule has 0 radical (unpaired) electrons. The van der Waals surface area contributed by atoms with Gasteiger partial charge in [0.05, 0.1) is 13.7 Å². The molecule has 1 fully saturated rings. The molecule has 0 aliphatic carbocycles. The highest BCUT2D eigenvalue weighted by molar-refractivity contribution is 6.30. The quantitative estimate of drug-likeness (QED) is 0.740. The molecular formula is C22H24ClN3O3. The van der Waals surface area contributed by atoms with Crippen LogP contribution in [0.3, 0.4) is 0 Å². The van der Waals surface area contributed by atoms with E-state index in [9.17, 15) is 9.59 Å². The SMILES string of the molecule is COc1cccc(/C=C/C(=O)NCC(=O)N2CCN(c3ccc(Cl)cc3)CC2)c1. The van der Waals surface area contributed by atoms with Crippen LogP contribution in [-0.2, 0) is 9.59 Å². The van der Waals surface area contributed by atoms with E-state index in [0.717, 1.165) is 30.1 Å². The molecule has 0 spiro atoms. The smallest absolute Gasteiger partial charge is 0.244 e. The van der Waals surface area contributed by atoms with Gasteiger partial charge in [0.25, 0.3) is 0 Å². The van der Waals surface area contributed by atoms with Crippen molar-refractivity contribution in [2.45, 2.75) is 0 Å². The third kappa shape index (κ3) is 5.99. The molecule has 1 aliphatic heterocycles. The number of ether oxygens (including phenoxy) is 1. The van der Waals surface area contributed by atoms with Gasteiger partial charge in [-0.2, -0.15) is 0 Å². The number of nitrogens with zero attached hydrogens (tertiary/aromatic N) is 2. The molecule has 6 nitrogen and oxygen atoms in total. The molecular weight excluding hydrogens is 390 g/mol. The molecule has 1 saturated heterocycles. The lowest BCUT2D eigenvalue weighted by molar-refractivity contribution is -0.132. The molecule has 0 bridgehead atoms. The summed E-state index contributed by atoms with van der Waals surface area (Å²) >= 11 is 5.93. The molecule has 1 heterocycles. The summed E-state index contributed by atoms with van der Waals surface area (Å²) in [5, 5.41) is 3.36. The molecule has 2 aromatic carbocycles. The highest BCUT2D eigenvalue weighted by Gasteiger charge is 2.21. The fourth-order valence-electron chi connectivity index (χ4n) is 3.12. The van der Waals surface area contributed by atoms with Gasteiger partial charge in [-0.25, -0.2) is 0 Å². The zero-order valence-corrected chi connectivity index (χ0v) is 17.1. The van der Waals surface area contributed by atoms with E-state index >= 15 is 0 Å². The fourth-order valence-corrected chi connectivity index (χ4v) is 3.24. The number of halogens is 1. The van der Waals surface area contributed by atoms with E-state index in [1.54, 1.807) is 18.1 Å². The first-order chi connectivity index (χ1) is 14.0. The van der Waals surface area contributed by atoms with Crippen molar-refractivity contribution in [3.8, 4) is 5.75 Å². The van der Waals surface area contributed by atoms with Crippen molar-refractivity contribution in [3.05, 3.63) is 65.2 Å². The maximum absolute atomic E-state index is 12.4. The molecule has 1 aliphatic rings. The van der Waals surface area contributed by atoms with Crippen LogP contribution >= 0.6 is 11.6 Å². The number of hydrogen-bond donors (Lipinski definition) is 1. The number of anilines is 1. The number of carbonyl (C=O) groups excluding carboxylic acids is 2. The maximum Gasteiger partial charge on any atom is 0.244 e. The summed E-state index contributed by atoms with van der Waals surface area (Å²) in [6, 6.07) is 15.1. The number of benzene rings is 2. The van der Waals surface area contributed by atoms with E-state index in [1.165, 1.54) is 6.08 Å². The number of rotatable bonds is 6. The molecule has 0 unspecified atom stereocenters. The summed E-state index contributed by atoms with van der Waals surface area (Å²) in [4.78, 5) is 28.4. The summed E-state index contributed by atoms with van der Waals surface area (Å²) in [5.74, 6) is 0.338. The van der Waals surface area contributed by atoms with E-state index < -0.39 is 0 Å². The molecule has 152 valence electrons. The second-order valence-corrected chi connectivity index (χ2v) is 7.11. The second kappa shape index (κ2) is 9.98. The van der Waals surface area contributed by atoms with Gasteiger partial charge in [0.2, 0.25) is 11.8 Å². The molecule has 0 saturated carbocycles. The van der Waals surface area contributed by atoms with Crippen molar-refractivity contribution in [2.24, 2.45) is 0 Å². The van der Waals surface area contributed by atoms with Crippen LogP contribution in [0.5, 0.6) is 5.75 Å². The molecule has 3 rings (SSSR count). The Balaban J connectivity index is 1.43. The topological polar surface area (TPSA) is 61.9 Å². The highest BCUT2D eigenvalue weighted by Crippen LogP contribution is 2.19. The summed E-state index contributed by atoms with van der Waals surface area (Å²) in [5.41, 5.74) is 1.95. The zero-order valence-electron chi connectivity index (χ0n) is 16.3. The van der Waals surface area contributed by atoms with Crippen LogP contribution in [0.25, 0.3) is 6.08 Å².